The van der Waals surface area contributed by atoms with Crippen LogP contribution in [0.3, 0.4) is 0 Å². The largest absolute Gasteiger partial charge is 0.403 e. The summed E-state index contributed by atoms with van der Waals surface area (Å²) in [6, 6.07) is 8.37. The summed E-state index contributed by atoms with van der Waals surface area (Å²) in [5, 5.41) is 6.17. The van der Waals surface area contributed by atoms with Crippen molar-refractivity contribution in [1.82, 2.24) is 14.9 Å². The molecule has 1 aromatic heterocycles. The number of aromatic nitrogens is 2. The average molecular weight is 339 g/mol. The van der Waals surface area contributed by atoms with Gasteiger partial charge in [0.15, 0.2) is 0 Å². The zero-order valence-electron chi connectivity index (χ0n) is 15.1. The highest BCUT2D eigenvalue weighted by atomic mass is 15.1. The van der Waals surface area contributed by atoms with Crippen molar-refractivity contribution in [3.05, 3.63) is 47.9 Å². The number of allylic oxidation sites excluding steroid dienone is 1. The second-order valence-corrected chi connectivity index (χ2v) is 5.78. The molecule has 0 fully saturated rings. The lowest BCUT2D eigenvalue weighted by Crippen LogP contribution is -2.10. The van der Waals surface area contributed by atoms with Crippen molar-refractivity contribution in [2.24, 2.45) is 10.7 Å². The molecule has 0 aliphatic carbocycles. The van der Waals surface area contributed by atoms with Gasteiger partial charge >= 0.3 is 0 Å². The molecule has 0 radical (unpaired) electrons. The van der Waals surface area contributed by atoms with Crippen molar-refractivity contribution >= 4 is 18.0 Å². The van der Waals surface area contributed by atoms with Crippen LogP contribution in [-0.2, 0) is 6.54 Å². The molecular weight excluding hydrogens is 314 g/mol. The summed E-state index contributed by atoms with van der Waals surface area (Å²) in [6.07, 6.45) is 4.84. The SMILES string of the molecule is CN=C/C(=C\N)Nc1ncc(-c2cccc(CN(C)C)c2)c(NC)n1. The summed E-state index contributed by atoms with van der Waals surface area (Å²) < 4.78 is 0. The standard InChI is InChI=1S/C18H25N7/c1-20-10-15(9-19)23-18-22-11-16(17(21-2)24-18)14-7-5-6-13(8-14)12-25(3)4/h5-11H,12,19H2,1-4H3,(H2,21,22,23,24)/b15-9+,20-10?. The van der Waals surface area contributed by atoms with E-state index in [1.807, 2.05) is 13.1 Å². The van der Waals surface area contributed by atoms with Crippen LogP contribution in [-0.4, -0.2) is 49.3 Å². The maximum atomic E-state index is 5.56. The normalized spacial score (nSPS) is 12.0. The van der Waals surface area contributed by atoms with Gasteiger partial charge in [0.05, 0.1) is 5.70 Å². The highest BCUT2D eigenvalue weighted by Crippen LogP contribution is 2.27. The average Bonchev–Trinajstić information content (AvgIpc) is 2.60. The first-order chi connectivity index (χ1) is 12.1. The predicted octanol–water partition coefficient (Wildman–Crippen LogP) is 2.16. The van der Waals surface area contributed by atoms with Crippen LogP contribution in [0.4, 0.5) is 11.8 Å². The molecule has 1 aromatic carbocycles. The van der Waals surface area contributed by atoms with E-state index < -0.39 is 0 Å². The molecular formula is C18H25N7. The van der Waals surface area contributed by atoms with E-state index in [0.717, 1.165) is 23.5 Å². The first kappa shape index (κ1) is 18.4. The zero-order chi connectivity index (χ0) is 18.2. The van der Waals surface area contributed by atoms with Gasteiger partial charge in [0, 0.05) is 44.8 Å². The van der Waals surface area contributed by atoms with E-state index in [4.69, 9.17) is 5.73 Å². The minimum Gasteiger partial charge on any atom is -0.403 e. The highest BCUT2D eigenvalue weighted by Gasteiger charge is 2.10. The molecule has 2 rings (SSSR count). The van der Waals surface area contributed by atoms with E-state index in [1.54, 1.807) is 19.5 Å². The molecule has 132 valence electrons. The first-order valence-electron chi connectivity index (χ1n) is 7.97. The lowest BCUT2D eigenvalue weighted by Gasteiger charge is -2.13. The molecule has 0 unspecified atom stereocenters. The topological polar surface area (TPSA) is 91.5 Å². The minimum atomic E-state index is 0.453. The van der Waals surface area contributed by atoms with E-state index in [1.165, 1.54) is 11.8 Å². The van der Waals surface area contributed by atoms with E-state index in [-0.39, 0.29) is 0 Å². The second kappa shape index (κ2) is 8.79. The number of hydrogen-bond acceptors (Lipinski definition) is 7. The Balaban J connectivity index is 2.33. The van der Waals surface area contributed by atoms with Crippen LogP contribution in [0.1, 0.15) is 5.56 Å². The summed E-state index contributed by atoms with van der Waals surface area (Å²) >= 11 is 0. The summed E-state index contributed by atoms with van der Waals surface area (Å²) in [6.45, 7) is 0.879. The molecule has 4 N–H and O–H groups in total. The molecule has 0 spiro atoms. The Morgan fingerprint density at radius 3 is 2.80 bits per heavy atom. The third kappa shape index (κ3) is 5.02. The third-order valence-corrected chi connectivity index (χ3v) is 3.47. The molecule has 1 heterocycles. The number of nitrogens with one attached hydrogen (secondary N) is 2. The van der Waals surface area contributed by atoms with Gasteiger partial charge in [0.2, 0.25) is 5.95 Å². The molecule has 0 saturated carbocycles. The number of anilines is 2. The molecule has 0 bridgehead atoms. The molecule has 25 heavy (non-hydrogen) atoms. The molecule has 7 heteroatoms. The molecule has 7 nitrogen and oxygen atoms in total. The number of aliphatic imine (C=N–C) groups is 1. The Hall–Kier alpha value is -2.93. The molecule has 2 aromatic rings. The van der Waals surface area contributed by atoms with E-state index in [9.17, 15) is 0 Å². The summed E-state index contributed by atoms with van der Waals surface area (Å²) in [5.74, 6) is 1.19. The molecule has 0 atom stereocenters. The number of rotatable bonds is 7. The summed E-state index contributed by atoms with van der Waals surface area (Å²) in [4.78, 5) is 15.0. The van der Waals surface area contributed by atoms with Crippen molar-refractivity contribution in [2.45, 2.75) is 6.54 Å². The van der Waals surface area contributed by atoms with Crippen LogP contribution in [0.5, 0.6) is 0 Å². The number of hydrogen-bond donors (Lipinski definition) is 3. The predicted molar refractivity (Wildman–Crippen MR) is 105 cm³/mol. The van der Waals surface area contributed by atoms with Gasteiger partial charge in [0.1, 0.15) is 5.82 Å². The highest BCUT2D eigenvalue weighted by molar-refractivity contribution is 5.82. The second-order valence-electron chi connectivity index (χ2n) is 5.78. The van der Waals surface area contributed by atoms with Crippen LogP contribution in [0.2, 0.25) is 0 Å². The Bertz CT molecular complexity index is 766. The number of benzene rings is 1. The lowest BCUT2D eigenvalue weighted by atomic mass is 10.0. The van der Waals surface area contributed by atoms with Crippen molar-refractivity contribution < 1.29 is 0 Å². The van der Waals surface area contributed by atoms with Crippen LogP contribution >= 0.6 is 0 Å². The van der Waals surface area contributed by atoms with Crippen molar-refractivity contribution in [2.75, 3.05) is 38.8 Å². The van der Waals surface area contributed by atoms with Crippen molar-refractivity contribution in [1.29, 1.82) is 0 Å². The number of nitrogens with two attached hydrogens (primary N) is 1. The Morgan fingerprint density at radius 2 is 2.16 bits per heavy atom. The summed E-state index contributed by atoms with van der Waals surface area (Å²) in [7, 11) is 7.62. The minimum absolute atomic E-state index is 0.453. The maximum absolute atomic E-state index is 5.56. The van der Waals surface area contributed by atoms with Crippen LogP contribution < -0.4 is 16.4 Å². The van der Waals surface area contributed by atoms with Gasteiger partial charge in [0.25, 0.3) is 0 Å². The van der Waals surface area contributed by atoms with Gasteiger partial charge in [-0.3, -0.25) is 4.99 Å². The van der Waals surface area contributed by atoms with Gasteiger partial charge in [-0.05, 0) is 31.3 Å². The smallest absolute Gasteiger partial charge is 0.229 e. The fourth-order valence-corrected chi connectivity index (χ4v) is 2.43. The van der Waals surface area contributed by atoms with Gasteiger partial charge in [-0.2, -0.15) is 4.98 Å². The maximum Gasteiger partial charge on any atom is 0.229 e. The van der Waals surface area contributed by atoms with Crippen LogP contribution in [0.15, 0.2) is 47.4 Å². The fraction of sp³-hybridized carbons (Fsp3) is 0.278. The zero-order valence-corrected chi connectivity index (χ0v) is 15.1. The van der Waals surface area contributed by atoms with Gasteiger partial charge < -0.3 is 21.3 Å². The molecule has 0 aliphatic heterocycles. The lowest BCUT2D eigenvalue weighted by molar-refractivity contribution is 0.402. The quantitative estimate of drug-likeness (QED) is 0.670. The first-order valence-corrected chi connectivity index (χ1v) is 7.97. The van der Waals surface area contributed by atoms with Gasteiger partial charge in [-0.25, -0.2) is 4.98 Å². The fourth-order valence-electron chi connectivity index (χ4n) is 2.43. The van der Waals surface area contributed by atoms with Crippen LogP contribution in [0, 0.1) is 0 Å². The van der Waals surface area contributed by atoms with Gasteiger partial charge in [-0.1, -0.05) is 18.2 Å². The Labute approximate surface area is 148 Å². The molecule has 0 amide bonds. The summed E-state index contributed by atoms with van der Waals surface area (Å²) in [5.41, 5.74) is 9.44. The van der Waals surface area contributed by atoms with E-state index in [2.05, 4.69) is 62.8 Å². The number of nitrogens with zero attached hydrogens (tertiary/aromatic N) is 4. The van der Waals surface area contributed by atoms with Crippen molar-refractivity contribution in [3.63, 3.8) is 0 Å². The molecule has 0 saturated heterocycles. The Kier molecular flexibility index (Phi) is 6.47. The third-order valence-electron chi connectivity index (χ3n) is 3.47. The monoisotopic (exact) mass is 339 g/mol. The van der Waals surface area contributed by atoms with E-state index >= 15 is 0 Å². The van der Waals surface area contributed by atoms with Crippen molar-refractivity contribution in [3.8, 4) is 11.1 Å². The van der Waals surface area contributed by atoms with E-state index in [0.29, 0.717) is 11.6 Å². The molecule has 0 aliphatic rings. The van der Waals surface area contributed by atoms with Crippen LogP contribution in [0.25, 0.3) is 11.1 Å². The van der Waals surface area contributed by atoms with Gasteiger partial charge in [-0.15, -0.1) is 0 Å². The Morgan fingerprint density at radius 1 is 1.36 bits per heavy atom.